The SMILES string of the molecule is CC1=NN(c2cccc(Br)c2)C(=O)/C1=C/c1ccccc1. The molecule has 0 N–H and O–H groups in total. The molecule has 1 aliphatic rings. The number of anilines is 1. The molecule has 3 nitrogen and oxygen atoms in total. The van der Waals surface area contributed by atoms with Crippen LogP contribution in [0.15, 0.2) is 69.7 Å². The highest BCUT2D eigenvalue weighted by Crippen LogP contribution is 2.26. The maximum absolute atomic E-state index is 12.6. The molecule has 0 bridgehead atoms. The molecule has 0 aromatic heterocycles. The van der Waals surface area contributed by atoms with Gasteiger partial charge >= 0.3 is 0 Å². The van der Waals surface area contributed by atoms with E-state index in [0.717, 1.165) is 21.4 Å². The molecule has 21 heavy (non-hydrogen) atoms. The fraction of sp³-hybridized carbons (Fsp3) is 0.0588. The molecule has 2 aromatic rings. The van der Waals surface area contributed by atoms with Gasteiger partial charge in [0.2, 0.25) is 0 Å². The molecule has 0 atom stereocenters. The Balaban J connectivity index is 1.96. The summed E-state index contributed by atoms with van der Waals surface area (Å²) in [6.07, 6.45) is 1.87. The lowest BCUT2D eigenvalue weighted by molar-refractivity contribution is -0.114. The average Bonchev–Trinajstić information content (AvgIpc) is 2.76. The van der Waals surface area contributed by atoms with Gasteiger partial charge in [0, 0.05) is 4.47 Å². The van der Waals surface area contributed by atoms with E-state index in [-0.39, 0.29) is 5.91 Å². The highest BCUT2D eigenvalue weighted by Gasteiger charge is 2.28. The molecule has 0 aliphatic carbocycles. The largest absolute Gasteiger partial charge is 0.280 e. The normalized spacial score (nSPS) is 16.5. The first kappa shape index (κ1) is 13.8. The van der Waals surface area contributed by atoms with Crippen molar-refractivity contribution in [3.8, 4) is 0 Å². The molecule has 0 spiro atoms. The molecule has 0 radical (unpaired) electrons. The Morgan fingerprint density at radius 3 is 2.57 bits per heavy atom. The first-order valence-electron chi connectivity index (χ1n) is 6.57. The third-order valence-electron chi connectivity index (χ3n) is 3.23. The van der Waals surface area contributed by atoms with Crippen molar-refractivity contribution >= 4 is 39.3 Å². The lowest BCUT2D eigenvalue weighted by atomic mass is 10.1. The zero-order valence-corrected chi connectivity index (χ0v) is 13.0. The van der Waals surface area contributed by atoms with Gasteiger partial charge in [0.25, 0.3) is 5.91 Å². The van der Waals surface area contributed by atoms with Crippen LogP contribution in [0.25, 0.3) is 6.08 Å². The molecule has 104 valence electrons. The van der Waals surface area contributed by atoms with Crippen LogP contribution in [-0.4, -0.2) is 11.6 Å². The lowest BCUT2D eigenvalue weighted by Gasteiger charge is -2.11. The second kappa shape index (κ2) is 5.66. The van der Waals surface area contributed by atoms with Crippen LogP contribution in [0.3, 0.4) is 0 Å². The molecule has 1 aliphatic heterocycles. The van der Waals surface area contributed by atoms with E-state index in [9.17, 15) is 4.79 Å². The molecule has 3 rings (SSSR count). The number of carbonyl (C=O) groups is 1. The van der Waals surface area contributed by atoms with Gasteiger partial charge < -0.3 is 0 Å². The number of halogens is 1. The molecule has 0 fully saturated rings. The minimum Gasteiger partial charge on any atom is -0.267 e. The van der Waals surface area contributed by atoms with E-state index in [2.05, 4.69) is 21.0 Å². The first-order valence-corrected chi connectivity index (χ1v) is 7.37. The summed E-state index contributed by atoms with van der Waals surface area (Å²) < 4.78 is 0.918. The van der Waals surface area contributed by atoms with Crippen LogP contribution in [0.1, 0.15) is 12.5 Å². The van der Waals surface area contributed by atoms with Crippen molar-refractivity contribution in [2.75, 3.05) is 5.01 Å². The Morgan fingerprint density at radius 1 is 1.10 bits per heavy atom. The van der Waals surface area contributed by atoms with E-state index in [0.29, 0.717) is 5.57 Å². The Hall–Kier alpha value is -2.20. The van der Waals surface area contributed by atoms with Crippen LogP contribution in [-0.2, 0) is 4.79 Å². The topological polar surface area (TPSA) is 32.7 Å². The van der Waals surface area contributed by atoms with Crippen LogP contribution in [0, 0.1) is 0 Å². The average molecular weight is 341 g/mol. The smallest absolute Gasteiger partial charge is 0.267 e. The third kappa shape index (κ3) is 2.81. The van der Waals surface area contributed by atoms with Gasteiger partial charge in [0.05, 0.1) is 17.0 Å². The molecule has 4 heteroatoms. The van der Waals surface area contributed by atoms with E-state index < -0.39 is 0 Å². The summed E-state index contributed by atoms with van der Waals surface area (Å²) in [6.45, 7) is 1.85. The standard InChI is InChI=1S/C17H13BrN2O/c1-12-16(10-13-6-3-2-4-7-13)17(21)20(19-12)15-9-5-8-14(18)11-15/h2-11H,1H3/b16-10+. The van der Waals surface area contributed by atoms with E-state index in [1.807, 2.05) is 67.6 Å². The van der Waals surface area contributed by atoms with E-state index in [4.69, 9.17) is 0 Å². The number of hydrogen-bond acceptors (Lipinski definition) is 2. The Morgan fingerprint density at radius 2 is 1.86 bits per heavy atom. The Labute approximate surface area is 131 Å². The van der Waals surface area contributed by atoms with Gasteiger partial charge in [0.1, 0.15) is 0 Å². The summed E-state index contributed by atoms with van der Waals surface area (Å²) in [5.74, 6) is -0.102. The number of amides is 1. The van der Waals surface area contributed by atoms with Crippen LogP contribution < -0.4 is 5.01 Å². The van der Waals surface area contributed by atoms with Gasteiger partial charge in [-0.1, -0.05) is 52.3 Å². The number of carbonyl (C=O) groups excluding carboxylic acids is 1. The summed E-state index contributed by atoms with van der Waals surface area (Å²) in [5.41, 5.74) is 3.10. The number of benzene rings is 2. The molecule has 0 saturated carbocycles. The van der Waals surface area contributed by atoms with Crippen LogP contribution in [0.4, 0.5) is 5.69 Å². The molecule has 1 heterocycles. The van der Waals surface area contributed by atoms with Gasteiger partial charge in [-0.05, 0) is 36.8 Å². The maximum Gasteiger partial charge on any atom is 0.280 e. The first-order chi connectivity index (χ1) is 10.1. The highest BCUT2D eigenvalue weighted by atomic mass is 79.9. The number of rotatable bonds is 2. The van der Waals surface area contributed by atoms with Crippen molar-refractivity contribution in [2.24, 2.45) is 5.10 Å². The third-order valence-corrected chi connectivity index (χ3v) is 3.72. The fourth-order valence-electron chi connectivity index (χ4n) is 2.18. The summed E-state index contributed by atoms with van der Waals surface area (Å²) in [5, 5.41) is 5.81. The monoisotopic (exact) mass is 340 g/mol. The van der Waals surface area contributed by atoms with Crippen LogP contribution in [0.2, 0.25) is 0 Å². The number of hydrazone groups is 1. The number of nitrogens with zero attached hydrogens (tertiary/aromatic N) is 2. The van der Waals surface area contributed by atoms with E-state index in [1.165, 1.54) is 5.01 Å². The van der Waals surface area contributed by atoms with Gasteiger partial charge in [-0.2, -0.15) is 10.1 Å². The number of hydrogen-bond donors (Lipinski definition) is 0. The summed E-state index contributed by atoms with van der Waals surface area (Å²) >= 11 is 3.41. The maximum atomic E-state index is 12.6. The van der Waals surface area contributed by atoms with Gasteiger partial charge in [-0.15, -0.1) is 0 Å². The predicted octanol–water partition coefficient (Wildman–Crippen LogP) is 4.26. The lowest BCUT2D eigenvalue weighted by Crippen LogP contribution is -2.21. The summed E-state index contributed by atoms with van der Waals surface area (Å²) in [7, 11) is 0. The van der Waals surface area contributed by atoms with Gasteiger partial charge in [-0.3, -0.25) is 4.79 Å². The molecule has 1 amide bonds. The zero-order valence-electron chi connectivity index (χ0n) is 11.5. The molecular formula is C17H13BrN2O. The Bertz CT molecular complexity index is 750. The second-order valence-electron chi connectivity index (χ2n) is 4.75. The molecule has 0 saturated heterocycles. The fourth-order valence-corrected chi connectivity index (χ4v) is 2.57. The van der Waals surface area contributed by atoms with Crippen molar-refractivity contribution in [3.63, 3.8) is 0 Å². The van der Waals surface area contributed by atoms with Gasteiger partial charge in [0.15, 0.2) is 0 Å². The summed E-state index contributed by atoms with van der Waals surface area (Å²) in [6, 6.07) is 17.3. The van der Waals surface area contributed by atoms with Crippen molar-refractivity contribution in [2.45, 2.75) is 6.92 Å². The van der Waals surface area contributed by atoms with Crippen molar-refractivity contribution in [1.29, 1.82) is 0 Å². The summed E-state index contributed by atoms with van der Waals surface area (Å²) in [4.78, 5) is 12.6. The minimum absolute atomic E-state index is 0.102. The quantitative estimate of drug-likeness (QED) is 0.752. The van der Waals surface area contributed by atoms with Crippen molar-refractivity contribution < 1.29 is 4.79 Å². The molecular weight excluding hydrogens is 328 g/mol. The van der Waals surface area contributed by atoms with E-state index in [1.54, 1.807) is 0 Å². The van der Waals surface area contributed by atoms with E-state index >= 15 is 0 Å². The highest BCUT2D eigenvalue weighted by molar-refractivity contribution is 9.10. The van der Waals surface area contributed by atoms with Gasteiger partial charge in [-0.25, -0.2) is 0 Å². The minimum atomic E-state index is -0.102. The van der Waals surface area contributed by atoms with Crippen molar-refractivity contribution in [1.82, 2.24) is 0 Å². The van der Waals surface area contributed by atoms with Crippen LogP contribution in [0.5, 0.6) is 0 Å². The van der Waals surface area contributed by atoms with Crippen molar-refractivity contribution in [3.05, 3.63) is 70.2 Å². The zero-order chi connectivity index (χ0) is 14.8. The molecule has 2 aromatic carbocycles. The second-order valence-corrected chi connectivity index (χ2v) is 5.67. The predicted molar refractivity (Wildman–Crippen MR) is 89.2 cm³/mol. The van der Waals surface area contributed by atoms with Crippen LogP contribution >= 0.6 is 15.9 Å². The Kier molecular flexibility index (Phi) is 3.71. The molecule has 0 unspecified atom stereocenters.